The summed E-state index contributed by atoms with van der Waals surface area (Å²) in [5.41, 5.74) is 1.71. The van der Waals surface area contributed by atoms with Crippen LogP contribution in [-0.2, 0) is 4.74 Å². The average molecular weight is 286 g/mol. The number of ether oxygens (including phenoxy) is 1. The van der Waals surface area contributed by atoms with Crippen LogP contribution in [0, 0.1) is 0 Å². The summed E-state index contributed by atoms with van der Waals surface area (Å²) in [7, 11) is 0. The van der Waals surface area contributed by atoms with E-state index >= 15 is 0 Å². The van der Waals surface area contributed by atoms with Gasteiger partial charge in [0.1, 0.15) is 6.61 Å². The summed E-state index contributed by atoms with van der Waals surface area (Å²) in [4.78, 5) is 11.9. The highest BCUT2D eigenvalue weighted by atomic mass is 19.4. The second-order valence-electron chi connectivity index (χ2n) is 5.09. The molecule has 0 unspecified atom stereocenters. The van der Waals surface area contributed by atoms with E-state index in [0.717, 1.165) is 18.4 Å². The normalized spacial score (nSPS) is 15.9. The fraction of sp³-hybridized carbons (Fsp3) is 0.533. The number of benzene rings is 1. The molecule has 1 aromatic rings. The lowest BCUT2D eigenvalue weighted by Gasteiger charge is -2.26. The fourth-order valence-corrected chi connectivity index (χ4v) is 2.20. The number of ketones is 1. The molecule has 1 aliphatic carbocycles. The van der Waals surface area contributed by atoms with Gasteiger partial charge >= 0.3 is 6.18 Å². The predicted molar refractivity (Wildman–Crippen MR) is 68.9 cm³/mol. The van der Waals surface area contributed by atoms with Crippen molar-refractivity contribution in [3.8, 4) is 0 Å². The molecule has 0 spiro atoms. The van der Waals surface area contributed by atoms with Gasteiger partial charge in [-0.2, -0.15) is 13.2 Å². The van der Waals surface area contributed by atoms with Gasteiger partial charge in [0.05, 0.1) is 6.61 Å². The number of carbonyl (C=O) groups is 1. The van der Waals surface area contributed by atoms with E-state index in [1.54, 1.807) is 6.07 Å². The van der Waals surface area contributed by atoms with Gasteiger partial charge in [0.15, 0.2) is 5.78 Å². The van der Waals surface area contributed by atoms with Crippen LogP contribution < -0.4 is 0 Å². The molecular formula is C15H17F3O2. The molecule has 0 atom stereocenters. The summed E-state index contributed by atoms with van der Waals surface area (Å²) in [6.07, 6.45) is -0.857. The van der Waals surface area contributed by atoms with Crippen molar-refractivity contribution in [1.29, 1.82) is 0 Å². The number of hydrogen-bond donors (Lipinski definition) is 0. The molecule has 1 aliphatic rings. The molecule has 0 amide bonds. The first-order chi connectivity index (χ1) is 9.46. The molecule has 0 aliphatic heterocycles. The van der Waals surface area contributed by atoms with E-state index in [9.17, 15) is 18.0 Å². The van der Waals surface area contributed by atoms with Crippen molar-refractivity contribution in [3.05, 3.63) is 35.4 Å². The van der Waals surface area contributed by atoms with Crippen molar-refractivity contribution in [2.75, 3.05) is 13.2 Å². The van der Waals surface area contributed by atoms with Crippen LogP contribution >= 0.6 is 0 Å². The van der Waals surface area contributed by atoms with E-state index in [-0.39, 0.29) is 18.8 Å². The highest BCUT2D eigenvalue weighted by molar-refractivity contribution is 5.96. The Balaban J connectivity index is 1.83. The molecule has 0 bridgehead atoms. The zero-order chi connectivity index (χ0) is 14.6. The topological polar surface area (TPSA) is 26.3 Å². The monoisotopic (exact) mass is 286 g/mol. The largest absolute Gasteiger partial charge is 0.411 e. The highest BCUT2D eigenvalue weighted by Gasteiger charge is 2.27. The van der Waals surface area contributed by atoms with Gasteiger partial charge in [-0.15, -0.1) is 0 Å². The first-order valence-electron chi connectivity index (χ1n) is 6.73. The van der Waals surface area contributed by atoms with Crippen LogP contribution in [0.4, 0.5) is 13.2 Å². The third kappa shape index (κ3) is 4.34. The van der Waals surface area contributed by atoms with Gasteiger partial charge < -0.3 is 4.74 Å². The summed E-state index contributed by atoms with van der Waals surface area (Å²) in [5, 5.41) is 0. The Morgan fingerprint density at radius 1 is 1.30 bits per heavy atom. The molecule has 0 saturated heterocycles. The quantitative estimate of drug-likeness (QED) is 0.581. The van der Waals surface area contributed by atoms with Crippen LogP contribution in [0.25, 0.3) is 0 Å². The summed E-state index contributed by atoms with van der Waals surface area (Å²) in [6, 6.07) is 7.39. The third-order valence-corrected chi connectivity index (χ3v) is 3.52. The lowest BCUT2D eigenvalue weighted by atomic mass is 9.79. The van der Waals surface area contributed by atoms with E-state index < -0.39 is 12.8 Å². The van der Waals surface area contributed by atoms with Gasteiger partial charge in [0, 0.05) is 12.0 Å². The minimum absolute atomic E-state index is 0.0236. The van der Waals surface area contributed by atoms with Gasteiger partial charge in [0.2, 0.25) is 0 Å². The average Bonchev–Trinajstić information content (AvgIpc) is 2.31. The van der Waals surface area contributed by atoms with Crippen LogP contribution in [0.2, 0.25) is 0 Å². The zero-order valence-electron chi connectivity index (χ0n) is 11.1. The van der Waals surface area contributed by atoms with E-state index in [4.69, 9.17) is 0 Å². The van der Waals surface area contributed by atoms with Crippen LogP contribution in [0.5, 0.6) is 0 Å². The molecule has 0 aromatic heterocycles. The molecule has 1 fully saturated rings. The van der Waals surface area contributed by atoms with Crippen molar-refractivity contribution in [1.82, 2.24) is 0 Å². The van der Waals surface area contributed by atoms with Gasteiger partial charge in [-0.1, -0.05) is 24.6 Å². The van der Waals surface area contributed by atoms with Crippen molar-refractivity contribution < 1.29 is 22.7 Å². The van der Waals surface area contributed by atoms with Gasteiger partial charge in [0.25, 0.3) is 0 Å². The predicted octanol–water partition coefficient (Wildman–Crippen LogP) is 4.11. The van der Waals surface area contributed by atoms with Gasteiger partial charge in [-0.3, -0.25) is 4.79 Å². The molecule has 1 aromatic carbocycles. The first-order valence-corrected chi connectivity index (χ1v) is 6.73. The Kier molecular flexibility index (Phi) is 4.81. The lowest BCUT2D eigenvalue weighted by Crippen LogP contribution is -2.18. The Hall–Kier alpha value is -1.36. The summed E-state index contributed by atoms with van der Waals surface area (Å²) < 4.78 is 40.1. The SMILES string of the molecule is O=C(CCOCC(F)(F)F)c1cccc(C2CCC2)c1. The van der Waals surface area contributed by atoms with Gasteiger partial charge in [-0.05, 0) is 30.4 Å². The second kappa shape index (κ2) is 6.39. The fourth-order valence-electron chi connectivity index (χ4n) is 2.20. The molecule has 5 heteroatoms. The first kappa shape index (κ1) is 15.0. The Morgan fingerprint density at radius 3 is 2.65 bits per heavy atom. The van der Waals surface area contributed by atoms with Crippen molar-refractivity contribution in [2.24, 2.45) is 0 Å². The van der Waals surface area contributed by atoms with Crippen LogP contribution in [0.15, 0.2) is 24.3 Å². The maximum atomic E-state index is 11.9. The summed E-state index contributed by atoms with van der Waals surface area (Å²) in [6.45, 7) is -1.51. The van der Waals surface area contributed by atoms with Gasteiger partial charge in [-0.25, -0.2) is 0 Å². The molecule has 110 valence electrons. The smallest absolute Gasteiger partial charge is 0.372 e. The highest BCUT2D eigenvalue weighted by Crippen LogP contribution is 2.36. The number of alkyl halides is 3. The third-order valence-electron chi connectivity index (χ3n) is 3.52. The van der Waals surface area contributed by atoms with Crippen molar-refractivity contribution in [3.63, 3.8) is 0 Å². The molecular weight excluding hydrogens is 269 g/mol. The Morgan fingerprint density at radius 2 is 2.05 bits per heavy atom. The number of carbonyl (C=O) groups excluding carboxylic acids is 1. The maximum Gasteiger partial charge on any atom is 0.411 e. The molecule has 1 saturated carbocycles. The number of hydrogen-bond acceptors (Lipinski definition) is 2. The van der Waals surface area contributed by atoms with Crippen LogP contribution in [-0.4, -0.2) is 25.2 Å². The van der Waals surface area contributed by atoms with E-state index in [2.05, 4.69) is 4.74 Å². The van der Waals surface area contributed by atoms with E-state index in [1.807, 2.05) is 18.2 Å². The van der Waals surface area contributed by atoms with Crippen molar-refractivity contribution >= 4 is 5.78 Å². The number of halogens is 3. The Labute approximate surface area is 115 Å². The second-order valence-corrected chi connectivity index (χ2v) is 5.09. The van der Waals surface area contributed by atoms with E-state index in [1.165, 1.54) is 6.42 Å². The molecule has 0 heterocycles. The Bertz CT molecular complexity index is 464. The molecule has 20 heavy (non-hydrogen) atoms. The summed E-state index contributed by atoms with van der Waals surface area (Å²) >= 11 is 0. The van der Waals surface area contributed by atoms with E-state index in [0.29, 0.717) is 11.5 Å². The van der Waals surface area contributed by atoms with Crippen LogP contribution in [0.3, 0.4) is 0 Å². The van der Waals surface area contributed by atoms with Crippen LogP contribution in [0.1, 0.15) is 47.5 Å². The molecule has 0 radical (unpaired) electrons. The lowest BCUT2D eigenvalue weighted by molar-refractivity contribution is -0.173. The maximum absolute atomic E-state index is 11.9. The molecule has 0 N–H and O–H groups in total. The van der Waals surface area contributed by atoms with Crippen molar-refractivity contribution in [2.45, 2.75) is 37.8 Å². The number of rotatable bonds is 6. The standard InChI is InChI=1S/C15H17F3O2/c16-15(17,18)10-20-8-7-14(19)13-6-2-5-12(9-13)11-3-1-4-11/h2,5-6,9,11H,1,3-4,7-8,10H2. The molecule has 2 nitrogen and oxygen atoms in total. The molecule has 2 rings (SSSR count). The number of Topliss-reactive ketones (excluding diaryl/α,β-unsaturated/α-hetero) is 1. The minimum Gasteiger partial charge on any atom is -0.372 e. The zero-order valence-corrected chi connectivity index (χ0v) is 11.1. The minimum atomic E-state index is -4.34. The summed E-state index contributed by atoms with van der Waals surface area (Å²) in [5.74, 6) is 0.359.